The zero-order valence-electron chi connectivity index (χ0n) is 23.8. The van der Waals surface area contributed by atoms with E-state index in [1.54, 1.807) is 32.9 Å². The van der Waals surface area contributed by atoms with Gasteiger partial charge in [0.2, 0.25) is 0 Å². The van der Waals surface area contributed by atoms with Crippen LogP contribution in [-0.4, -0.2) is 54.6 Å². The molecule has 2 N–H and O–H groups in total. The number of benzene rings is 2. The smallest absolute Gasteiger partial charge is 0.414 e. The van der Waals surface area contributed by atoms with E-state index >= 15 is 8.78 Å². The van der Waals surface area contributed by atoms with Crippen molar-refractivity contribution < 1.29 is 27.8 Å². The number of aromatic amines is 1. The Labute approximate surface area is 236 Å². The maximum Gasteiger partial charge on any atom is 0.414 e. The van der Waals surface area contributed by atoms with Crippen LogP contribution in [0, 0.1) is 17.0 Å². The molecule has 40 heavy (non-hydrogen) atoms. The summed E-state index contributed by atoms with van der Waals surface area (Å²) in [6.07, 6.45) is 0.434. The number of halogens is 3. The van der Waals surface area contributed by atoms with Crippen molar-refractivity contribution in [3.8, 4) is 0 Å². The fraction of sp³-hybridized carbons (Fsp3) is 0.517. The topological polar surface area (TPSA) is 86.9 Å². The van der Waals surface area contributed by atoms with Crippen LogP contribution in [0.1, 0.15) is 54.4 Å². The molecule has 0 radical (unpaired) electrons. The Kier molecular flexibility index (Phi) is 6.64. The second kappa shape index (κ2) is 9.39. The van der Waals surface area contributed by atoms with Gasteiger partial charge in [-0.25, -0.2) is 18.4 Å². The number of ether oxygens (including phenoxy) is 2. The van der Waals surface area contributed by atoms with Crippen LogP contribution < -0.4 is 15.1 Å². The first-order valence-corrected chi connectivity index (χ1v) is 13.7. The highest BCUT2D eigenvalue weighted by Gasteiger charge is 2.58. The Morgan fingerprint density at radius 3 is 2.45 bits per heavy atom. The summed E-state index contributed by atoms with van der Waals surface area (Å²) in [5.41, 5.74) is 0.0226. The Hall–Kier alpha value is -3.27. The first-order chi connectivity index (χ1) is 18.5. The minimum Gasteiger partial charge on any atom is -0.444 e. The van der Waals surface area contributed by atoms with Crippen molar-refractivity contribution in [3.63, 3.8) is 0 Å². The lowest BCUT2D eigenvalue weighted by atomic mass is 10.1. The number of rotatable bonds is 3. The van der Waals surface area contributed by atoms with Crippen LogP contribution in [0.2, 0.25) is 5.02 Å². The Morgan fingerprint density at radius 1 is 1.12 bits per heavy atom. The quantitative estimate of drug-likeness (QED) is 0.347. The van der Waals surface area contributed by atoms with Crippen molar-refractivity contribution in [2.45, 2.75) is 71.6 Å². The van der Waals surface area contributed by atoms with Gasteiger partial charge in [-0.2, -0.15) is 0 Å². The molecule has 2 aliphatic rings. The molecular formula is C29H35ClF2N4O4. The molecule has 1 saturated carbocycles. The van der Waals surface area contributed by atoms with Gasteiger partial charge in [0, 0.05) is 48.6 Å². The molecule has 2 heterocycles. The van der Waals surface area contributed by atoms with Gasteiger partial charge in [-0.1, -0.05) is 11.6 Å². The molecule has 2 fully saturated rings. The lowest BCUT2D eigenvalue weighted by Crippen LogP contribution is -2.36. The molecule has 2 amide bonds. The standard InChI is InChI=1S/C29H35ClF2N4O4/c1-27(2,3)39-25(37)34-19-13-29(19)10-11-36(14-29)24-15(30)8-9-17-20(24)21-22(32)16(31)12-18(23(21)33-17)35(7)26(38)40-28(4,5)6/h8-9,12,19,33H,10-11,13-14H2,1-7H3,(H,34,37). The summed E-state index contributed by atoms with van der Waals surface area (Å²) in [4.78, 5) is 31.6. The molecule has 2 unspecified atom stereocenters. The number of H-pyrrole nitrogens is 1. The van der Waals surface area contributed by atoms with Gasteiger partial charge in [0.05, 0.1) is 27.3 Å². The van der Waals surface area contributed by atoms with Crippen LogP contribution in [0.15, 0.2) is 18.2 Å². The number of carbonyl (C=O) groups excluding carboxylic acids is 2. The molecule has 2 atom stereocenters. The molecule has 216 valence electrons. The maximum absolute atomic E-state index is 15.5. The molecule has 0 bridgehead atoms. The zero-order chi connectivity index (χ0) is 29.4. The second-order valence-corrected chi connectivity index (χ2v) is 13.3. The van der Waals surface area contributed by atoms with E-state index in [1.807, 2.05) is 20.8 Å². The molecular weight excluding hydrogens is 542 g/mol. The number of nitrogens with zero attached hydrogens (tertiary/aromatic N) is 2. The number of hydrogen-bond donors (Lipinski definition) is 2. The highest BCUT2D eigenvalue weighted by atomic mass is 35.5. The third-order valence-electron chi connectivity index (χ3n) is 7.45. The van der Waals surface area contributed by atoms with Gasteiger partial charge >= 0.3 is 12.2 Å². The molecule has 1 aliphatic carbocycles. The summed E-state index contributed by atoms with van der Waals surface area (Å²) in [6.45, 7) is 11.8. The van der Waals surface area contributed by atoms with E-state index in [9.17, 15) is 9.59 Å². The number of aromatic nitrogens is 1. The molecule has 3 aromatic rings. The summed E-state index contributed by atoms with van der Waals surface area (Å²) in [5, 5.41) is 3.82. The van der Waals surface area contributed by atoms with Gasteiger partial charge in [-0.15, -0.1) is 0 Å². The summed E-state index contributed by atoms with van der Waals surface area (Å²) < 4.78 is 41.4. The fourth-order valence-corrected chi connectivity index (χ4v) is 5.85. The van der Waals surface area contributed by atoms with Crippen molar-refractivity contribution in [3.05, 3.63) is 34.9 Å². The van der Waals surface area contributed by atoms with Crippen LogP contribution in [0.5, 0.6) is 0 Å². The molecule has 1 spiro atoms. The van der Waals surface area contributed by atoms with Crippen LogP contribution in [0.3, 0.4) is 0 Å². The number of hydrogen-bond acceptors (Lipinski definition) is 5. The first kappa shape index (κ1) is 28.3. The van der Waals surface area contributed by atoms with Gasteiger partial charge in [0.15, 0.2) is 11.6 Å². The lowest BCUT2D eigenvalue weighted by molar-refractivity contribution is 0.0515. The van der Waals surface area contributed by atoms with Crippen LogP contribution >= 0.6 is 11.6 Å². The number of nitrogens with one attached hydrogen (secondary N) is 2. The highest BCUT2D eigenvalue weighted by Crippen LogP contribution is 2.55. The van der Waals surface area contributed by atoms with E-state index in [-0.39, 0.29) is 28.0 Å². The summed E-state index contributed by atoms with van der Waals surface area (Å²) in [5.74, 6) is -2.12. The predicted octanol–water partition coefficient (Wildman–Crippen LogP) is 7.12. The van der Waals surface area contributed by atoms with Gasteiger partial charge in [-0.3, -0.25) is 4.90 Å². The van der Waals surface area contributed by atoms with E-state index in [0.717, 1.165) is 23.8 Å². The largest absolute Gasteiger partial charge is 0.444 e. The number of carbonyl (C=O) groups is 2. The van der Waals surface area contributed by atoms with Gasteiger partial charge in [-0.05, 0) is 66.5 Å². The summed E-state index contributed by atoms with van der Waals surface area (Å²) >= 11 is 6.72. The molecule has 2 aromatic carbocycles. The van der Waals surface area contributed by atoms with Crippen molar-refractivity contribution in [1.82, 2.24) is 10.3 Å². The maximum atomic E-state index is 15.5. The van der Waals surface area contributed by atoms with Crippen molar-refractivity contribution in [2.75, 3.05) is 29.9 Å². The normalized spacial score (nSPS) is 20.9. The fourth-order valence-electron chi connectivity index (χ4n) is 5.57. The molecule has 1 aliphatic heterocycles. The molecule has 5 rings (SSSR count). The van der Waals surface area contributed by atoms with E-state index in [1.165, 1.54) is 7.05 Å². The third kappa shape index (κ3) is 5.13. The summed E-state index contributed by atoms with van der Waals surface area (Å²) in [7, 11) is 1.45. The first-order valence-electron chi connectivity index (χ1n) is 13.3. The number of fused-ring (bicyclic) bond motifs is 3. The molecule has 8 nitrogen and oxygen atoms in total. The monoisotopic (exact) mass is 576 g/mol. The van der Waals surface area contributed by atoms with Crippen molar-refractivity contribution in [1.29, 1.82) is 0 Å². The molecule has 1 aromatic heterocycles. The van der Waals surface area contributed by atoms with Gasteiger partial charge < -0.3 is 24.7 Å². The SMILES string of the molecule is CN(C(=O)OC(C)(C)C)c1cc(F)c(F)c2c1[nH]c1ccc(Cl)c(N3CCC4(CC4NC(=O)OC(C)(C)C)C3)c12. The van der Waals surface area contributed by atoms with E-state index in [2.05, 4.69) is 15.2 Å². The Balaban J connectivity index is 1.52. The van der Waals surface area contributed by atoms with E-state index in [0.29, 0.717) is 34.7 Å². The average molecular weight is 577 g/mol. The third-order valence-corrected chi connectivity index (χ3v) is 7.75. The summed E-state index contributed by atoms with van der Waals surface area (Å²) in [6, 6.07) is 4.37. The van der Waals surface area contributed by atoms with Gasteiger partial charge in [0.25, 0.3) is 0 Å². The highest BCUT2D eigenvalue weighted by molar-refractivity contribution is 6.36. The van der Waals surface area contributed by atoms with E-state index < -0.39 is 35.0 Å². The van der Waals surface area contributed by atoms with Crippen LogP contribution in [0.25, 0.3) is 21.8 Å². The molecule has 11 heteroatoms. The van der Waals surface area contributed by atoms with Crippen LogP contribution in [0.4, 0.5) is 29.7 Å². The predicted molar refractivity (Wildman–Crippen MR) is 152 cm³/mol. The van der Waals surface area contributed by atoms with E-state index in [4.69, 9.17) is 21.1 Å². The Morgan fingerprint density at radius 2 is 1.80 bits per heavy atom. The Bertz CT molecular complexity index is 1530. The number of amides is 2. The number of anilines is 2. The van der Waals surface area contributed by atoms with Gasteiger partial charge in [0.1, 0.15) is 11.2 Å². The lowest BCUT2D eigenvalue weighted by Gasteiger charge is -2.25. The van der Waals surface area contributed by atoms with Crippen molar-refractivity contribution >= 4 is 57.0 Å². The minimum absolute atomic E-state index is 0.0121. The van der Waals surface area contributed by atoms with Crippen molar-refractivity contribution in [2.24, 2.45) is 5.41 Å². The average Bonchev–Trinajstić information content (AvgIpc) is 3.13. The minimum atomic E-state index is -1.09. The second-order valence-electron chi connectivity index (χ2n) is 12.9. The number of alkyl carbamates (subject to hydrolysis) is 1. The molecule has 1 saturated heterocycles. The van der Waals surface area contributed by atoms with Crippen LogP contribution in [-0.2, 0) is 9.47 Å². The zero-order valence-corrected chi connectivity index (χ0v) is 24.6.